The molecule has 4 N–H and O–H groups in total. The van der Waals surface area contributed by atoms with Crippen molar-refractivity contribution in [3.63, 3.8) is 0 Å². The van der Waals surface area contributed by atoms with Crippen molar-refractivity contribution in [1.29, 1.82) is 0 Å². The van der Waals surface area contributed by atoms with E-state index in [1.54, 1.807) is 0 Å². The van der Waals surface area contributed by atoms with E-state index >= 15 is 0 Å². The standard InChI is InChI=1S/C87H152O16P2/c1-4-7-10-13-16-19-22-24-26-28-30-32-34-35-36-37-38-39-40-41-42-43-44-45-47-49-50-52-54-56-59-61-64-67-70-73-85(90)97-76-82(88)77-99-104(93,94)100-78-83(89)79-101-105(95,96)102-81-84(103-87(92)75-72-69-66-63-58-21-18-15-12-9-6-3)80-98-86(91)74-71-68-65-62-60-57-55-53-51-48-46-33-31-29-27-25-23-20-17-14-11-8-5-2/h8,11,15-20,24-27,30-33,35-36,48,51,82-84,88-89H,4-7,9-10,12-14,21-23,28-29,34,37-47,49-50,52-81H2,1-3H3,(H,93,94)(H,95,96)/b11-8-,18-15-,19-16-,20-17-,26-24-,27-25-,32-30-,33-31-,36-35-,51-48-. The number of ether oxygens (including phenoxy) is 3. The van der Waals surface area contributed by atoms with Crippen LogP contribution in [0.4, 0.5) is 0 Å². The van der Waals surface area contributed by atoms with Crippen LogP contribution in [0.25, 0.3) is 0 Å². The minimum absolute atomic E-state index is 0.0902. The summed E-state index contributed by atoms with van der Waals surface area (Å²) in [5.41, 5.74) is 0. The summed E-state index contributed by atoms with van der Waals surface area (Å²) in [6, 6.07) is 0. The molecule has 0 radical (unpaired) electrons. The number of phosphoric acid groups is 2. The largest absolute Gasteiger partial charge is 0.472 e. The predicted molar refractivity (Wildman–Crippen MR) is 436 cm³/mol. The summed E-state index contributed by atoms with van der Waals surface area (Å²) in [4.78, 5) is 58.6. The SMILES string of the molecule is CC/C=C\C/C=C\C/C=C\C/C=C\C/C=C\CCCCCCCCCC(=O)OCC(COP(=O)(O)OCC(O)COP(=O)(O)OCC(O)COC(=O)CCCCCCCCCCCCCCCCCCCCC/C=C\C/C=C\C/C=C\C/C=C\CCCCC)OC(=O)CCCCCCC/C=C\CCCC. The van der Waals surface area contributed by atoms with Crippen molar-refractivity contribution in [3.05, 3.63) is 122 Å². The molecule has 0 bridgehead atoms. The average Bonchev–Trinajstić information content (AvgIpc) is 0.913. The minimum atomic E-state index is -4.93. The fourth-order valence-electron chi connectivity index (χ4n) is 11.3. The molecule has 0 heterocycles. The van der Waals surface area contributed by atoms with Gasteiger partial charge >= 0.3 is 33.6 Å². The lowest BCUT2D eigenvalue weighted by Gasteiger charge is -2.21. The second-order valence-electron chi connectivity index (χ2n) is 27.9. The number of rotatable bonds is 79. The van der Waals surface area contributed by atoms with Crippen molar-refractivity contribution in [3.8, 4) is 0 Å². The van der Waals surface area contributed by atoms with Crippen molar-refractivity contribution >= 4 is 33.6 Å². The maximum absolute atomic E-state index is 12.9. The molecule has 0 aromatic carbocycles. The van der Waals surface area contributed by atoms with E-state index in [1.807, 2.05) is 0 Å². The first-order chi connectivity index (χ1) is 51.2. The molecule has 5 unspecified atom stereocenters. The summed E-state index contributed by atoms with van der Waals surface area (Å²) in [7, 11) is -9.79. The van der Waals surface area contributed by atoms with Gasteiger partial charge in [-0.2, -0.15) is 0 Å². The van der Waals surface area contributed by atoms with Crippen LogP contribution >= 0.6 is 15.6 Å². The Bertz CT molecular complexity index is 2390. The molecule has 0 aromatic rings. The monoisotopic (exact) mass is 1520 g/mol. The van der Waals surface area contributed by atoms with Crippen LogP contribution < -0.4 is 0 Å². The summed E-state index contributed by atoms with van der Waals surface area (Å²) in [6.45, 7) is 2.50. The highest BCUT2D eigenvalue weighted by molar-refractivity contribution is 7.47. The number of hydrogen-bond donors (Lipinski definition) is 4. The van der Waals surface area contributed by atoms with Crippen LogP contribution in [0, 0.1) is 0 Å². The molecule has 16 nitrogen and oxygen atoms in total. The van der Waals surface area contributed by atoms with Crippen LogP contribution in [0.1, 0.15) is 355 Å². The van der Waals surface area contributed by atoms with Gasteiger partial charge in [0.25, 0.3) is 0 Å². The third kappa shape index (κ3) is 80.8. The number of esters is 3. The molecule has 0 fully saturated rings. The molecule has 0 saturated heterocycles. The van der Waals surface area contributed by atoms with Gasteiger partial charge in [-0.15, -0.1) is 0 Å². The number of allylic oxidation sites excluding steroid dienone is 20. The Morgan fingerprint density at radius 2 is 0.514 bits per heavy atom. The zero-order valence-corrected chi connectivity index (χ0v) is 68.2. The smallest absolute Gasteiger partial charge is 0.463 e. The molecule has 0 rings (SSSR count). The third-order valence-electron chi connectivity index (χ3n) is 17.6. The zero-order chi connectivity index (χ0) is 76.6. The van der Waals surface area contributed by atoms with E-state index in [1.165, 1.54) is 141 Å². The van der Waals surface area contributed by atoms with Crippen LogP contribution in [0.3, 0.4) is 0 Å². The lowest BCUT2D eigenvalue weighted by atomic mass is 10.0. The van der Waals surface area contributed by atoms with Crippen LogP contribution in [0.15, 0.2) is 122 Å². The fraction of sp³-hybridized carbons (Fsp3) is 0.736. The van der Waals surface area contributed by atoms with Gasteiger partial charge in [0, 0.05) is 19.3 Å². The molecule has 18 heteroatoms. The fourth-order valence-corrected chi connectivity index (χ4v) is 12.9. The molecule has 105 heavy (non-hydrogen) atoms. The van der Waals surface area contributed by atoms with Crippen LogP contribution in [0.2, 0.25) is 0 Å². The van der Waals surface area contributed by atoms with E-state index in [-0.39, 0.29) is 19.3 Å². The highest BCUT2D eigenvalue weighted by Gasteiger charge is 2.29. The molecule has 606 valence electrons. The van der Waals surface area contributed by atoms with Crippen molar-refractivity contribution in [2.75, 3.05) is 39.6 Å². The minimum Gasteiger partial charge on any atom is -0.463 e. The van der Waals surface area contributed by atoms with E-state index < -0.39 is 91.5 Å². The Kier molecular flexibility index (Phi) is 76.4. The molecular formula is C87H152O16P2. The zero-order valence-electron chi connectivity index (χ0n) is 66.4. The van der Waals surface area contributed by atoms with Crippen LogP contribution in [0.5, 0.6) is 0 Å². The number of hydrogen-bond acceptors (Lipinski definition) is 14. The first-order valence-corrected chi connectivity index (χ1v) is 44.8. The Hall–Kier alpha value is -4.05. The number of phosphoric ester groups is 2. The molecule has 0 aliphatic rings. The number of aliphatic hydroxyl groups excluding tert-OH is 2. The van der Waals surface area contributed by atoms with Gasteiger partial charge in [-0.25, -0.2) is 9.13 Å². The molecule has 0 saturated carbocycles. The second-order valence-corrected chi connectivity index (χ2v) is 30.8. The topological polar surface area (TPSA) is 231 Å². The maximum atomic E-state index is 12.9. The Morgan fingerprint density at radius 1 is 0.276 bits per heavy atom. The van der Waals surface area contributed by atoms with Gasteiger partial charge in [0.1, 0.15) is 25.4 Å². The highest BCUT2D eigenvalue weighted by Crippen LogP contribution is 2.45. The first kappa shape index (κ1) is 101. The van der Waals surface area contributed by atoms with E-state index in [2.05, 4.69) is 142 Å². The molecule has 0 amide bonds. The Morgan fingerprint density at radius 3 is 0.838 bits per heavy atom. The molecule has 0 aromatic heterocycles. The number of carbonyl (C=O) groups is 3. The summed E-state index contributed by atoms with van der Waals surface area (Å²) >= 11 is 0. The predicted octanol–water partition coefficient (Wildman–Crippen LogP) is 24.9. The summed E-state index contributed by atoms with van der Waals surface area (Å²) in [5, 5.41) is 20.6. The third-order valence-corrected chi connectivity index (χ3v) is 19.5. The van der Waals surface area contributed by atoms with E-state index in [4.69, 9.17) is 32.3 Å². The number of carbonyl (C=O) groups excluding carboxylic acids is 3. The normalized spacial score (nSPS) is 14.5. The quantitative estimate of drug-likeness (QED) is 0.0146. The summed E-state index contributed by atoms with van der Waals surface area (Å²) < 4.78 is 61.1. The van der Waals surface area contributed by atoms with Crippen LogP contribution in [-0.4, -0.2) is 95.9 Å². The lowest BCUT2D eigenvalue weighted by molar-refractivity contribution is -0.161. The lowest BCUT2D eigenvalue weighted by Crippen LogP contribution is -2.30. The van der Waals surface area contributed by atoms with Gasteiger partial charge in [0.05, 0.1) is 26.4 Å². The summed E-state index contributed by atoms with van der Waals surface area (Å²) in [5.74, 6) is -1.59. The van der Waals surface area contributed by atoms with Gasteiger partial charge in [0.2, 0.25) is 0 Å². The van der Waals surface area contributed by atoms with Gasteiger partial charge < -0.3 is 34.2 Å². The number of aliphatic hydroxyl groups is 2. The molecule has 5 atom stereocenters. The number of unbranched alkanes of at least 4 members (excludes halogenated alkanes) is 36. The van der Waals surface area contributed by atoms with E-state index in [9.17, 15) is 43.5 Å². The highest BCUT2D eigenvalue weighted by atomic mass is 31.2. The molecule has 0 aliphatic heterocycles. The van der Waals surface area contributed by atoms with Gasteiger partial charge in [0.15, 0.2) is 6.10 Å². The average molecular weight is 1520 g/mol. The van der Waals surface area contributed by atoms with Gasteiger partial charge in [-0.3, -0.25) is 32.5 Å². The van der Waals surface area contributed by atoms with Gasteiger partial charge in [-0.1, -0.05) is 328 Å². The van der Waals surface area contributed by atoms with Crippen molar-refractivity contribution in [2.24, 2.45) is 0 Å². The summed E-state index contributed by atoms with van der Waals surface area (Å²) in [6.07, 6.45) is 95.7. The van der Waals surface area contributed by atoms with E-state index in [0.717, 1.165) is 154 Å². The molecular weight excluding hydrogens is 1360 g/mol. The molecule has 0 aliphatic carbocycles. The Labute approximate surface area is 640 Å². The van der Waals surface area contributed by atoms with Crippen molar-refractivity contribution < 1.29 is 75.8 Å². The first-order valence-electron chi connectivity index (χ1n) is 41.8. The van der Waals surface area contributed by atoms with Crippen molar-refractivity contribution in [1.82, 2.24) is 0 Å². The maximum Gasteiger partial charge on any atom is 0.472 e. The molecule has 0 spiro atoms. The van der Waals surface area contributed by atoms with Gasteiger partial charge in [-0.05, 0) is 128 Å². The van der Waals surface area contributed by atoms with Crippen LogP contribution in [-0.2, 0) is 55.8 Å². The second kappa shape index (κ2) is 79.5. The van der Waals surface area contributed by atoms with E-state index in [0.29, 0.717) is 19.3 Å². The van der Waals surface area contributed by atoms with Crippen molar-refractivity contribution in [2.45, 2.75) is 373 Å². The Balaban J connectivity index is 4.34.